The summed E-state index contributed by atoms with van der Waals surface area (Å²) in [6.07, 6.45) is 3.65. The van der Waals surface area contributed by atoms with Gasteiger partial charge in [-0.25, -0.2) is 0 Å². The molecule has 1 rings (SSSR count). The fourth-order valence-corrected chi connectivity index (χ4v) is 1.46. The van der Waals surface area contributed by atoms with Crippen LogP contribution in [-0.4, -0.2) is 12.1 Å². The number of benzene rings is 1. The Morgan fingerprint density at radius 2 is 2.12 bits per heavy atom. The van der Waals surface area contributed by atoms with Crippen molar-refractivity contribution in [3.8, 4) is 5.75 Å². The van der Waals surface area contributed by atoms with Crippen LogP contribution in [0.5, 0.6) is 5.75 Å². The number of hydrogen-bond donors (Lipinski definition) is 1. The van der Waals surface area contributed by atoms with Gasteiger partial charge in [0.15, 0.2) is 0 Å². The summed E-state index contributed by atoms with van der Waals surface area (Å²) in [4.78, 5) is 0. The van der Waals surface area contributed by atoms with Gasteiger partial charge >= 0.3 is 0 Å². The highest BCUT2D eigenvalue weighted by molar-refractivity contribution is 5.34. The molecule has 0 aromatic heterocycles. The SMILES string of the molecule is C=CC(C)Oc1ccccc1CC(N)CC. The van der Waals surface area contributed by atoms with Crippen molar-refractivity contribution in [1.82, 2.24) is 0 Å². The lowest BCUT2D eigenvalue weighted by atomic mass is 10.0. The number of hydrogen-bond acceptors (Lipinski definition) is 2. The molecule has 0 spiro atoms. The molecule has 0 heterocycles. The van der Waals surface area contributed by atoms with Gasteiger partial charge in [-0.3, -0.25) is 0 Å². The Kier molecular flexibility index (Phi) is 5.06. The summed E-state index contributed by atoms with van der Waals surface area (Å²) in [7, 11) is 0. The lowest BCUT2D eigenvalue weighted by molar-refractivity contribution is 0.267. The third-order valence-electron chi connectivity index (χ3n) is 2.62. The number of rotatable bonds is 6. The van der Waals surface area contributed by atoms with Gasteiger partial charge in [0.25, 0.3) is 0 Å². The van der Waals surface area contributed by atoms with Gasteiger partial charge in [0, 0.05) is 6.04 Å². The van der Waals surface area contributed by atoms with Crippen LogP contribution in [0, 0.1) is 0 Å². The third-order valence-corrected chi connectivity index (χ3v) is 2.62. The zero-order chi connectivity index (χ0) is 12.0. The standard InChI is InChI=1S/C14H21NO/c1-4-11(3)16-14-9-7-6-8-12(14)10-13(15)5-2/h4,6-9,11,13H,1,5,10,15H2,2-3H3. The van der Waals surface area contributed by atoms with Crippen LogP contribution in [-0.2, 0) is 6.42 Å². The molecule has 2 unspecified atom stereocenters. The van der Waals surface area contributed by atoms with Crippen LogP contribution in [0.2, 0.25) is 0 Å². The summed E-state index contributed by atoms with van der Waals surface area (Å²) in [6.45, 7) is 7.79. The third kappa shape index (κ3) is 3.70. The Bertz CT molecular complexity index is 335. The lowest BCUT2D eigenvalue weighted by Gasteiger charge is -2.16. The minimum absolute atomic E-state index is 0.0269. The minimum atomic E-state index is 0.0269. The van der Waals surface area contributed by atoms with Gasteiger partial charge < -0.3 is 10.5 Å². The Morgan fingerprint density at radius 1 is 1.44 bits per heavy atom. The molecule has 2 atom stereocenters. The van der Waals surface area contributed by atoms with Crippen molar-refractivity contribution in [1.29, 1.82) is 0 Å². The molecule has 1 aromatic carbocycles. The highest BCUT2D eigenvalue weighted by atomic mass is 16.5. The molecule has 16 heavy (non-hydrogen) atoms. The maximum atomic E-state index is 5.96. The van der Waals surface area contributed by atoms with Gasteiger partial charge in [0.2, 0.25) is 0 Å². The normalized spacial score (nSPS) is 14.2. The lowest BCUT2D eigenvalue weighted by Crippen LogP contribution is -2.22. The number of nitrogens with two attached hydrogens (primary N) is 1. The highest BCUT2D eigenvalue weighted by Crippen LogP contribution is 2.21. The second-order valence-corrected chi connectivity index (χ2v) is 4.04. The summed E-state index contributed by atoms with van der Waals surface area (Å²) in [5, 5.41) is 0. The predicted molar refractivity (Wildman–Crippen MR) is 68.7 cm³/mol. The zero-order valence-electron chi connectivity index (χ0n) is 10.1. The molecule has 2 heteroatoms. The molecule has 1 aromatic rings. The zero-order valence-corrected chi connectivity index (χ0v) is 10.1. The Morgan fingerprint density at radius 3 is 2.75 bits per heavy atom. The van der Waals surface area contributed by atoms with Crippen molar-refractivity contribution in [3.63, 3.8) is 0 Å². The first-order chi connectivity index (χ1) is 7.67. The van der Waals surface area contributed by atoms with E-state index in [1.54, 1.807) is 6.08 Å². The maximum Gasteiger partial charge on any atom is 0.123 e. The van der Waals surface area contributed by atoms with Crippen LogP contribution in [0.4, 0.5) is 0 Å². The van der Waals surface area contributed by atoms with Crippen molar-refractivity contribution in [2.75, 3.05) is 0 Å². The Labute approximate surface area is 98.1 Å². The molecule has 0 aliphatic rings. The van der Waals surface area contributed by atoms with Crippen LogP contribution < -0.4 is 10.5 Å². The molecule has 0 aliphatic carbocycles. The average molecular weight is 219 g/mol. The summed E-state index contributed by atoms with van der Waals surface area (Å²) in [5.41, 5.74) is 7.13. The molecular formula is C14H21NO. The van der Waals surface area contributed by atoms with E-state index >= 15 is 0 Å². The van der Waals surface area contributed by atoms with E-state index in [0.29, 0.717) is 0 Å². The molecule has 0 bridgehead atoms. The van der Waals surface area contributed by atoms with Crippen LogP contribution in [0.1, 0.15) is 25.8 Å². The molecular weight excluding hydrogens is 198 g/mol. The molecule has 0 fully saturated rings. The van der Waals surface area contributed by atoms with E-state index in [-0.39, 0.29) is 12.1 Å². The fraction of sp³-hybridized carbons (Fsp3) is 0.429. The van der Waals surface area contributed by atoms with Gasteiger partial charge in [-0.05, 0) is 31.4 Å². The number of para-hydroxylation sites is 1. The molecule has 88 valence electrons. The van der Waals surface area contributed by atoms with E-state index in [1.165, 1.54) is 5.56 Å². The minimum Gasteiger partial charge on any atom is -0.486 e. The predicted octanol–water partition coefficient (Wildman–Crippen LogP) is 2.92. The summed E-state index contributed by atoms with van der Waals surface area (Å²) < 4.78 is 5.77. The van der Waals surface area contributed by atoms with Crippen LogP contribution in [0.3, 0.4) is 0 Å². The first-order valence-electron chi connectivity index (χ1n) is 5.80. The van der Waals surface area contributed by atoms with Gasteiger partial charge in [-0.1, -0.05) is 37.8 Å². The molecule has 0 saturated carbocycles. The van der Waals surface area contributed by atoms with Gasteiger partial charge in [0.05, 0.1) is 0 Å². The van der Waals surface area contributed by atoms with Crippen molar-refractivity contribution in [2.45, 2.75) is 38.8 Å². The van der Waals surface area contributed by atoms with Crippen molar-refractivity contribution in [2.24, 2.45) is 5.73 Å². The molecule has 2 nitrogen and oxygen atoms in total. The Balaban J connectivity index is 2.78. The van der Waals surface area contributed by atoms with Crippen molar-refractivity contribution in [3.05, 3.63) is 42.5 Å². The second-order valence-electron chi connectivity index (χ2n) is 4.04. The van der Waals surface area contributed by atoms with Gasteiger partial charge in [0.1, 0.15) is 11.9 Å². The van der Waals surface area contributed by atoms with Gasteiger partial charge in [-0.2, -0.15) is 0 Å². The summed E-state index contributed by atoms with van der Waals surface area (Å²) in [6, 6.07) is 8.25. The average Bonchev–Trinajstić information content (AvgIpc) is 2.31. The van der Waals surface area contributed by atoms with Crippen LogP contribution in [0.25, 0.3) is 0 Å². The van der Waals surface area contributed by atoms with Crippen molar-refractivity contribution >= 4 is 0 Å². The van der Waals surface area contributed by atoms with E-state index < -0.39 is 0 Å². The van der Waals surface area contributed by atoms with Crippen LogP contribution >= 0.6 is 0 Å². The molecule has 2 N–H and O–H groups in total. The van der Waals surface area contributed by atoms with Crippen molar-refractivity contribution < 1.29 is 4.74 Å². The molecule has 0 saturated heterocycles. The smallest absolute Gasteiger partial charge is 0.123 e. The van der Waals surface area contributed by atoms with E-state index in [0.717, 1.165) is 18.6 Å². The summed E-state index contributed by atoms with van der Waals surface area (Å²) >= 11 is 0. The molecule has 0 radical (unpaired) electrons. The molecule has 0 amide bonds. The van der Waals surface area contributed by atoms with E-state index in [4.69, 9.17) is 10.5 Å². The van der Waals surface area contributed by atoms with E-state index in [2.05, 4.69) is 19.6 Å². The quantitative estimate of drug-likeness (QED) is 0.747. The highest BCUT2D eigenvalue weighted by Gasteiger charge is 2.08. The van der Waals surface area contributed by atoms with E-state index in [9.17, 15) is 0 Å². The largest absolute Gasteiger partial charge is 0.486 e. The maximum absolute atomic E-state index is 5.96. The first-order valence-corrected chi connectivity index (χ1v) is 5.80. The first kappa shape index (κ1) is 12.8. The van der Waals surface area contributed by atoms with Gasteiger partial charge in [-0.15, -0.1) is 0 Å². The topological polar surface area (TPSA) is 35.2 Å². The van der Waals surface area contributed by atoms with Crippen LogP contribution in [0.15, 0.2) is 36.9 Å². The van der Waals surface area contributed by atoms with E-state index in [1.807, 2.05) is 25.1 Å². The monoisotopic (exact) mass is 219 g/mol. The summed E-state index contributed by atoms with van der Waals surface area (Å²) in [5.74, 6) is 0.916. The Hall–Kier alpha value is -1.28. The fourth-order valence-electron chi connectivity index (χ4n) is 1.46. The number of ether oxygens (including phenoxy) is 1. The second kappa shape index (κ2) is 6.33. The molecule has 0 aliphatic heterocycles.